The highest BCUT2D eigenvalue weighted by Crippen LogP contribution is 2.00. The average Bonchev–Trinajstić information content (AvgIpc) is 2.69. The van der Waals surface area contributed by atoms with Crippen LogP contribution in [0.25, 0.3) is 0 Å². The highest BCUT2D eigenvalue weighted by Gasteiger charge is 2.06. The van der Waals surface area contributed by atoms with Crippen molar-refractivity contribution in [1.29, 1.82) is 0 Å². The largest absolute Gasteiger partial charge is 0.368 e. The van der Waals surface area contributed by atoms with Crippen LogP contribution in [0.5, 0.6) is 0 Å². The van der Waals surface area contributed by atoms with Crippen molar-refractivity contribution in [3.63, 3.8) is 0 Å². The molecule has 0 aromatic heterocycles. The fourth-order valence-electron chi connectivity index (χ4n) is 1.51. The van der Waals surface area contributed by atoms with Gasteiger partial charge < -0.3 is 10.6 Å². The second-order valence-electron chi connectivity index (χ2n) is 3.68. The topological polar surface area (TPSA) is 82.9 Å². The Morgan fingerprint density at radius 3 is 2.89 bits per heavy atom. The van der Waals surface area contributed by atoms with E-state index in [1.54, 1.807) is 24.3 Å². The summed E-state index contributed by atoms with van der Waals surface area (Å²) in [5, 5.41) is 6.60. The number of carbonyl (C=O) groups excluding carboxylic acids is 2. The molecule has 1 aromatic rings. The Balaban J connectivity index is 2.04. The molecule has 2 N–H and O–H groups in total. The van der Waals surface area contributed by atoms with Gasteiger partial charge in [-0.15, -0.1) is 6.58 Å². The first-order valence-corrected chi connectivity index (χ1v) is 5.42. The molecular weight excluding hydrogens is 232 g/mol. The number of anilines is 1. The summed E-state index contributed by atoms with van der Waals surface area (Å²) in [5.74, 6) is -0.168. The van der Waals surface area contributed by atoms with Crippen molar-refractivity contribution in [2.24, 2.45) is 9.98 Å². The van der Waals surface area contributed by atoms with Gasteiger partial charge >= 0.3 is 6.03 Å². The van der Waals surface area contributed by atoms with Gasteiger partial charge in [0.2, 0.25) is 5.91 Å². The molecule has 0 aliphatic carbocycles. The quantitative estimate of drug-likeness (QED) is 0.554. The smallest absolute Gasteiger partial charge is 0.325 e. The van der Waals surface area contributed by atoms with Gasteiger partial charge in [-0.05, 0) is 18.2 Å². The molecule has 0 bridgehead atoms. The van der Waals surface area contributed by atoms with Gasteiger partial charge in [-0.1, -0.05) is 6.08 Å². The molecule has 3 amide bonds. The molecule has 1 aliphatic rings. The lowest BCUT2D eigenvalue weighted by molar-refractivity contribution is -0.115. The number of benzene rings is 1. The van der Waals surface area contributed by atoms with Gasteiger partial charge in [0.05, 0.1) is 17.3 Å². The van der Waals surface area contributed by atoms with Gasteiger partial charge in [-0.2, -0.15) is 9.98 Å². The monoisotopic (exact) mass is 244 g/mol. The molecule has 0 radical (unpaired) electrons. The molecular formula is C12H12N4O2. The standard InChI is InChI=1S/C12H12N4O2/c1-2-5-13-7-11(17)14-8-3-4-9-10(6-8)16-12(18)15-9/h2-4,6,13H,1,5,7H2,(H,14,17). The lowest BCUT2D eigenvalue weighted by Gasteiger charge is -2.04. The fourth-order valence-corrected chi connectivity index (χ4v) is 1.51. The van der Waals surface area contributed by atoms with Crippen LogP contribution in [0.1, 0.15) is 0 Å². The molecule has 0 atom stereocenters. The first-order valence-electron chi connectivity index (χ1n) is 5.42. The van der Waals surface area contributed by atoms with Gasteiger partial charge in [0.25, 0.3) is 0 Å². The summed E-state index contributed by atoms with van der Waals surface area (Å²) in [6.45, 7) is 4.31. The number of carbonyl (C=O) groups is 2. The Morgan fingerprint density at radius 2 is 2.11 bits per heavy atom. The van der Waals surface area contributed by atoms with Crippen LogP contribution < -0.4 is 21.3 Å². The molecule has 6 nitrogen and oxygen atoms in total. The van der Waals surface area contributed by atoms with E-state index in [1.165, 1.54) is 0 Å². The summed E-state index contributed by atoms with van der Waals surface area (Å²) in [5.41, 5.74) is 0.591. The van der Waals surface area contributed by atoms with E-state index >= 15 is 0 Å². The first kappa shape index (κ1) is 12.1. The Kier molecular flexibility index (Phi) is 3.59. The summed E-state index contributed by atoms with van der Waals surface area (Å²) < 4.78 is 0. The Bertz CT molecular complexity index is 621. The third-order valence-electron chi connectivity index (χ3n) is 2.27. The number of urea groups is 1. The van der Waals surface area contributed by atoms with Crippen molar-refractivity contribution in [3.8, 4) is 0 Å². The Labute approximate surface area is 103 Å². The van der Waals surface area contributed by atoms with Crippen LogP contribution in [-0.2, 0) is 4.79 Å². The van der Waals surface area contributed by atoms with Crippen molar-refractivity contribution in [2.45, 2.75) is 0 Å². The van der Waals surface area contributed by atoms with Crippen LogP contribution in [0.15, 0.2) is 40.8 Å². The molecule has 1 aromatic carbocycles. The molecule has 6 heteroatoms. The maximum absolute atomic E-state index is 11.5. The zero-order valence-corrected chi connectivity index (χ0v) is 9.64. The van der Waals surface area contributed by atoms with Crippen LogP contribution in [0, 0.1) is 0 Å². The van der Waals surface area contributed by atoms with Gasteiger partial charge in [-0.25, -0.2) is 4.79 Å². The van der Waals surface area contributed by atoms with Crippen molar-refractivity contribution >= 4 is 17.6 Å². The van der Waals surface area contributed by atoms with Crippen LogP contribution in [0.3, 0.4) is 0 Å². The maximum atomic E-state index is 11.5. The SMILES string of the molecule is C=CCNCC(=O)Nc1ccc2c(c1)=NC(=O)N=2. The van der Waals surface area contributed by atoms with Gasteiger partial charge in [0.1, 0.15) is 0 Å². The molecule has 1 heterocycles. The highest BCUT2D eigenvalue weighted by atomic mass is 16.2. The van der Waals surface area contributed by atoms with Gasteiger partial charge in [0.15, 0.2) is 0 Å². The maximum Gasteiger partial charge on any atom is 0.368 e. The van der Waals surface area contributed by atoms with E-state index in [-0.39, 0.29) is 12.5 Å². The lowest BCUT2D eigenvalue weighted by atomic mass is 10.3. The van der Waals surface area contributed by atoms with Crippen LogP contribution in [-0.4, -0.2) is 25.0 Å². The van der Waals surface area contributed by atoms with Crippen molar-refractivity contribution in [3.05, 3.63) is 41.6 Å². The first-order chi connectivity index (χ1) is 8.69. The normalized spacial score (nSPS) is 12.3. The molecule has 2 rings (SSSR count). The molecule has 0 spiro atoms. The van der Waals surface area contributed by atoms with Gasteiger partial charge in [-0.3, -0.25) is 4.79 Å². The van der Waals surface area contributed by atoms with Crippen LogP contribution >= 0.6 is 0 Å². The zero-order valence-electron chi connectivity index (χ0n) is 9.64. The molecule has 0 fully saturated rings. The Hall–Kier alpha value is -2.34. The lowest BCUT2D eigenvalue weighted by Crippen LogP contribution is -2.29. The van der Waals surface area contributed by atoms with E-state index in [0.29, 0.717) is 22.9 Å². The van der Waals surface area contributed by atoms with E-state index in [9.17, 15) is 9.59 Å². The minimum Gasteiger partial charge on any atom is -0.325 e. The number of fused-ring (bicyclic) bond motifs is 1. The third-order valence-corrected chi connectivity index (χ3v) is 2.27. The van der Waals surface area contributed by atoms with E-state index in [4.69, 9.17) is 0 Å². The molecule has 92 valence electrons. The minimum absolute atomic E-state index is 0.168. The number of amides is 3. The predicted molar refractivity (Wildman–Crippen MR) is 65.8 cm³/mol. The van der Waals surface area contributed by atoms with E-state index in [0.717, 1.165) is 0 Å². The highest BCUT2D eigenvalue weighted by molar-refractivity contribution is 5.92. The number of hydrogen-bond donors (Lipinski definition) is 2. The van der Waals surface area contributed by atoms with E-state index in [1.807, 2.05) is 0 Å². The van der Waals surface area contributed by atoms with Crippen molar-refractivity contribution in [2.75, 3.05) is 18.4 Å². The molecule has 0 saturated carbocycles. The molecule has 0 saturated heterocycles. The summed E-state index contributed by atoms with van der Waals surface area (Å²) in [6.07, 6.45) is 1.68. The van der Waals surface area contributed by atoms with Crippen molar-refractivity contribution in [1.82, 2.24) is 5.32 Å². The van der Waals surface area contributed by atoms with Crippen LogP contribution in [0.4, 0.5) is 10.5 Å². The fraction of sp³-hybridized carbons (Fsp3) is 0.167. The van der Waals surface area contributed by atoms with Crippen LogP contribution in [0.2, 0.25) is 0 Å². The second kappa shape index (κ2) is 5.33. The molecule has 18 heavy (non-hydrogen) atoms. The number of nitrogens with one attached hydrogen (secondary N) is 2. The number of hydrogen-bond acceptors (Lipinski definition) is 3. The average molecular weight is 244 g/mol. The zero-order chi connectivity index (χ0) is 13.0. The third kappa shape index (κ3) is 2.86. The number of rotatable bonds is 5. The molecule has 0 unspecified atom stereocenters. The summed E-state index contributed by atoms with van der Waals surface area (Å²) in [7, 11) is 0. The Morgan fingerprint density at radius 1 is 1.33 bits per heavy atom. The summed E-state index contributed by atoms with van der Waals surface area (Å²) in [6, 6.07) is 4.44. The predicted octanol–water partition coefficient (Wildman–Crippen LogP) is -0.227. The minimum atomic E-state index is -0.513. The second-order valence-corrected chi connectivity index (χ2v) is 3.68. The van der Waals surface area contributed by atoms with Gasteiger partial charge in [0, 0.05) is 12.2 Å². The summed E-state index contributed by atoms with van der Waals surface area (Å²) >= 11 is 0. The number of nitrogens with zero attached hydrogens (tertiary/aromatic N) is 2. The molecule has 1 aliphatic heterocycles. The van der Waals surface area contributed by atoms with Crippen molar-refractivity contribution < 1.29 is 9.59 Å². The van der Waals surface area contributed by atoms with E-state index in [2.05, 4.69) is 27.2 Å². The summed E-state index contributed by atoms with van der Waals surface area (Å²) in [4.78, 5) is 29.9. The van der Waals surface area contributed by atoms with E-state index < -0.39 is 6.03 Å².